The number of likely N-dealkylation sites (N-methyl/N-ethyl adjacent to an activating group) is 1. The van der Waals surface area contributed by atoms with Gasteiger partial charge in [0.1, 0.15) is 17.2 Å². The lowest BCUT2D eigenvalue weighted by molar-refractivity contribution is -0.125. The third-order valence-corrected chi connectivity index (χ3v) is 4.71. The van der Waals surface area contributed by atoms with Crippen molar-refractivity contribution in [1.82, 2.24) is 30.0 Å². The fourth-order valence-corrected chi connectivity index (χ4v) is 3.32. The molecule has 1 atom stereocenters. The van der Waals surface area contributed by atoms with E-state index in [2.05, 4.69) is 25.5 Å². The van der Waals surface area contributed by atoms with Gasteiger partial charge in [-0.1, -0.05) is 17.4 Å². The van der Waals surface area contributed by atoms with Gasteiger partial charge in [0.2, 0.25) is 11.0 Å². The van der Waals surface area contributed by atoms with E-state index in [0.29, 0.717) is 23.3 Å². The zero-order valence-corrected chi connectivity index (χ0v) is 16.0. The number of carbonyl (C=O) groups excluding carboxylic acids is 1. The molecule has 1 amide bonds. The molecule has 0 bridgehead atoms. The summed E-state index contributed by atoms with van der Waals surface area (Å²) in [5.41, 5.74) is 2.62. The molecule has 0 aliphatic carbocycles. The van der Waals surface area contributed by atoms with E-state index in [9.17, 15) is 4.79 Å². The molecule has 3 rings (SSSR count). The Morgan fingerprint density at radius 2 is 2.31 bits per heavy atom. The smallest absolute Gasteiger partial charge is 0.246 e. The molecule has 0 radical (unpaired) electrons. The van der Waals surface area contributed by atoms with Crippen molar-refractivity contribution in [3.63, 3.8) is 0 Å². The van der Waals surface area contributed by atoms with Crippen LogP contribution in [0.15, 0.2) is 23.7 Å². The second kappa shape index (κ2) is 8.33. The Morgan fingerprint density at radius 1 is 1.46 bits per heavy atom. The third-order valence-electron chi connectivity index (χ3n) is 4.10. The first-order chi connectivity index (χ1) is 12.5. The minimum Gasteiger partial charge on any atom is -0.338 e. The first-order valence-corrected chi connectivity index (χ1v) is 9.38. The highest BCUT2D eigenvalue weighted by molar-refractivity contribution is 7.13. The standard InChI is InChI=1S/C17H23N7OS/c1-12-19-14(9-15(20-12)21-17-22-18-11-26-17)13-6-8-24(10-13)16(25)5-4-7-23(2)3/h4-5,9,11,13H,6-8,10H2,1-3H3,(H,19,20,21,22)/b5-4+. The number of rotatable bonds is 6. The highest BCUT2D eigenvalue weighted by Gasteiger charge is 2.27. The van der Waals surface area contributed by atoms with Gasteiger partial charge in [-0.15, -0.1) is 10.2 Å². The Kier molecular flexibility index (Phi) is 5.89. The Bertz CT molecular complexity index is 775. The van der Waals surface area contributed by atoms with Gasteiger partial charge in [-0.25, -0.2) is 9.97 Å². The summed E-state index contributed by atoms with van der Waals surface area (Å²) in [6.45, 7) is 4.06. The van der Waals surface area contributed by atoms with Crippen LogP contribution in [0.2, 0.25) is 0 Å². The van der Waals surface area contributed by atoms with Crippen molar-refractivity contribution >= 4 is 28.2 Å². The molecule has 138 valence electrons. The quantitative estimate of drug-likeness (QED) is 0.773. The molecular weight excluding hydrogens is 350 g/mol. The zero-order valence-electron chi connectivity index (χ0n) is 15.2. The minimum absolute atomic E-state index is 0.0623. The van der Waals surface area contributed by atoms with Gasteiger partial charge in [-0.2, -0.15) is 0 Å². The van der Waals surface area contributed by atoms with Gasteiger partial charge in [-0.05, 0) is 27.4 Å². The van der Waals surface area contributed by atoms with Gasteiger partial charge >= 0.3 is 0 Å². The van der Waals surface area contributed by atoms with Crippen LogP contribution < -0.4 is 5.32 Å². The summed E-state index contributed by atoms with van der Waals surface area (Å²) < 4.78 is 0. The number of nitrogens with zero attached hydrogens (tertiary/aromatic N) is 6. The third kappa shape index (κ3) is 4.83. The van der Waals surface area contributed by atoms with E-state index in [-0.39, 0.29) is 11.8 Å². The second-order valence-corrected chi connectivity index (χ2v) is 7.36. The van der Waals surface area contributed by atoms with Gasteiger partial charge in [0.05, 0.1) is 5.69 Å². The van der Waals surface area contributed by atoms with Crippen molar-refractivity contribution in [3.8, 4) is 0 Å². The summed E-state index contributed by atoms with van der Waals surface area (Å²) in [7, 11) is 3.96. The predicted octanol–water partition coefficient (Wildman–Crippen LogP) is 1.81. The lowest BCUT2D eigenvalue weighted by Gasteiger charge is -2.15. The predicted molar refractivity (Wildman–Crippen MR) is 102 cm³/mol. The van der Waals surface area contributed by atoms with E-state index in [0.717, 1.165) is 25.2 Å². The highest BCUT2D eigenvalue weighted by atomic mass is 32.1. The summed E-state index contributed by atoms with van der Waals surface area (Å²) >= 11 is 1.42. The largest absolute Gasteiger partial charge is 0.338 e. The van der Waals surface area contributed by atoms with E-state index in [4.69, 9.17) is 0 Å². The summed E-state index contributed by atoms with van der Waals surface area (Å²) in [6.07, 6.45) is 4.46. The SMILES string of the molecule is Cc1nc(Nc2nncs2)cc(C2CCN(C(=O)/C=C/CN(C)C)C2)n1. The molecule has 9 heteroatoms. The van der Waals surface area contributed by atoms with Crippen molar-refractivity contribution in [2.75, 3.05) is 39.0 Å². The number of anilines is 2. The lowest BCUT2D eigenvalue weighted by atomic mass is 10.0. The van der Waals surface area contributed by atoms with Crippen LogP contribution in [0, 0.1) is 6.92 Å². The molecule has 2 aromatic heterocycles. The lowest BCUT2D eigenvalue weighted by Crippen LogP contribution is -2.27. The summed E-state index contributed by atoms with van der Waals surface area (Å²) in [5.74, 6) is 1.69. The molecule has 0 spiro atoms. The van der Waals surface area contributed by atoms with Crippen LogP contribution in [-0.2, 0) is 4.79 Å². The average molecular weight is 373 g/mol. The number of nitrogens with one attached hydrogen (secondary N) is 1. The molecule has 2 aromatic rings. The molecule has 1 saturated heterocycles. The minimum atomic E-state index is 0.0623. The van der Waals surface area contributed by atoms with Crippen molar-refractivity contribution in [2.45, 2.75) is 19.3 Å². The number of amides is 1. The normalized spacial score (nSPS) is 17.4. The van der Waals surface area contributed by atoms with Gasteiger partial charge in [0.25, 0.3) is 0 Å². The number of carbonyl (C=O) groups is 1. The van der Waals surface area contributed by atoms with Crippen molar-refractivity contribution in [2.24, 2.45) is 0 Å². The molecule has 0 aromatic carbocycles. The monoisotopic (exact) mass is 373 g/mol. The fourth-order valence-electron chi connectivity index (χ4n) is 2.87. The van der Waals surface area contributed by atoms with E-state index in [1.807, 2.05) is 43.0 Å². The maximum Gasteiger partial charge on any atom is 0.246 e. The van der Waals surface area contributed by atoms with Crippen molar-refractivity contribution in [1.29, 1.82) is 0 Å². The molecule has 1 N–H and O–H groups in total. The molecular formula is C17H23N7OS. The first kappa shape index (κ1) is 18.4. The van der Waals surface area contributed by atoms with Crippen LogP contribution in [0.25, 0.3) is 0 Å². The van der Waals surface area contributed by atoms with Gasteiger partial charge < -0.3 is 15.1 Å². The molecule has 3 heterocycles. The maximum absolute atomic E-state index is 12.3. The Morgan fingerprint density at radius 3 is 3.04 bits per heavy atom. The number of likely N-dealkylation sites (tertiary alicyclic amines) is 1. The van der Waals surface area contributed by atoms with Crippen LogP contribution >= 0.6 is 11.3 Å². The topological polar surface area (TPSA) is 87.1 Å². The van der Waals surface area contributed by atoms with Crippen LogP contribution in [0.1, 0.15) is 23.9 Å². The summed E-state index contributed by atoms with van der Waals surface area (Å²) in [5, 5.41) is 11.6. The maximum atomic E-state index is 12.3. The van der Waals surface area contributed by atoms with Gasteiger partial charge in [0, 0.05) is 37.7 Å². The highest BCUT2D eigenvalue weighted by Crippen LogP contribution is 2.28. The van der Waals surface area contributed by atoms with E-state index in [1.165, 1.54) is 11.3 Å². The number of aryl methyl sites for hydroxylation is 1. The van der Waals surface area contributed by atoms with Gasteiger partial charge in [-0.3, -0.25) is 4.79 Å². The van der Waals surface area contributed by atoms with Crippen LogP contribution in [0.5, 0.6) is 0 Å². The molecule has 1 unspecified atom stereocenters. The van der Waals surface area contributed by atoms with Crippen LogP contribution in [0.3, 0.4) is 0 Å². The van der Waals surface area contributed by atoms with E-state index >= 15 is 0 Å². The molecule has 26 heavy (non-hydrogen) atoms. The van der Waals surface area contributed by atoms with Crippen LogP contribution in [0.4, 0.5) is 10.9 Å². The number of hydrogen-bond donors (Lipinski definition) is 1. The Balaban J connectivity index is 1.65. The fraction of sp³-hybridized carbons (Fsp3) is 0.471. The Hall–Kier alpha value is -2.39. The van der Waals surface area contributed by atoms with E-state index < -0.39 is 0 Å². The Labute approximate surface area is 157 Å². The van der Waals surface area contributed by atoms with E-state index in [1.54, 1.807) is 11.6 Å². The van der Waals surface area contributed by atoms with Gasteiger partial charge in [0.15, 0.2) is 0 Å². The number of hydrogen-bond acceptors (Lipinski definition) is 8. The molecule has 1 fully saturated rings. The second-order valence-electron chi connectivity index (χ2n) is 6.53. The summed E-state index contributed by atoms with van der Waals surface area (Å²) in [6, 6.07) is 1.94. The average Bonchev–Trinajstić information content (AvgIpc) is 3.25. The molecule has 8 nitrogen and oxygen atoms in total. The van der Waals surface area contributed by atoms with Crippen molar-refractivity contribution < 1.29 is 4.79 Å². The summed E-state index contributed by atoms with van der Waals surface area (Å²) in [4.78, 5) is 25.2. The molecule has 0 saturated carbocycles. The van der Waals surface area contributed by atoms with Crippen LogP contribution in [-0.4, -0.2) is 69.6 Å². The first-order valence-electron chi connectivity index (χ1n) is 8.50. The van der Waals surface area contributed by atoms with Crippen molar-refractivity contribution in [3.05, 3.63) is 35.2 Å². The molecule has 1 aliphatic heterocycles. The molecule has 1 aliphatic rings. The number of aromatic nitrogens is 4. The zero-order chi connectivity index (χ0) is 18.5.